The van der Waals surface area contributed by atoms with Crippen molar-refractivity contribution in [1.29, 1.82) is 0 Å². The maximum atomic E-state index is 12.6. The Balaban J connectivity index is 4.78. The number of nitrogens with one attached hydrogen (secondary N) is 2. The molecular weight excluding hydrogens is 435 g/mol. The number of hydrogen-bond acceptors (Lipinski definition) is 7. The maximum absolute atomic E-state index is 12.6. The minimum absolute atomic E-state index is 0.0989. The van der Waals surface area contributed by atoms with Crippen LogP contribution < -0.4 is 21.1 Å². The third kappa shape index (κ3) is 11.1. The molecule has 0 saturated carbocycles. The molecule has 0 rings (SSSR count). The van der Waals surface area contributed by atoms with Gasteiger partial charge in [0.1, 0.15) is 0 Å². The molecule has 0 saturated heterocycles. The van der Waals surface area contributed by atoms with Crippen LogP contribution in [0.15, 0.2) is 0 Å². The molecule has 0 heterocycles. The Kier molecular flexibility index (Phi) is 14.9. The Morgan fingerprint density at radius 1 is 1.22 bits per heavy atom. The van der Waals surface area contributed by atoms with Gasteiger partial charge < -0.3 is 0 Å². The van der Waals surface area contributed by atoms with E-state index in [2.05, 4.69) is 9.65 Å². The van der Waals surface area contributed by atoms with Crippen molar-refractivity contribution in [2.24, 2.45) is 17.4 Å². The van der Waals surface area contributed by atoms with E-state index in [0.717, 1.165) is 18.6 Å². The van der Waals surface area contributed by atoms with Crippen molar-refractivity contribution in [3.8, 4) is 0 Å². The van der Waals surface area contributed by atoms with E-state index >= 15 is 0 Å². The average molecular weight is 470 g/mol. The van der Waals surface area contributed by atoms with E-state index in [1.165, 1.54) is 0 Å². The molecule has 0 radical (unpaired) electrons. The Labute approximate surface area is 172 Å². The number of thioether (sulfide) groups is 1. The molecule has 7 N–H and O–H groups in total. The van der Waals surface area contributed by atoms with Crippen molar-refractivity contribution < 1.29 is 19.5 Å². The van der Waals surface area contributed by atoms with Crippen LogP contribution in [0.3, 0.4) is 0 Å². The van der Waals surface area contributed by atoms with Crippen molar-refractivity contribution >= 4 is 43.5 Å². The Morgan fingerprint density at radius 3 is 2.41 bits per heavy atom. The molecule has 0 spiro atoms. The number of hydrogen-bond donors (Lipinski definition) is 5. The van der Waals surface area contributed by atoms with Crippen molar-refractivity contribution in [3.05, 3.63) is 0 Å². The first-order valence-corrected chi connectivity index (χ1v) is 12.3. The molecule has 10 heteroatoms. The van der Waals surface area contributed by atoms with Crippen LogP contribution in [0.1, 0.15) is 46.0 Å². The van der Waals surface area contributed by atoms with Gasteiger partial charge in [-0.05, 0) is 0 Å². The zero-order valence-corrected chi connectivity index (χ0v) is 18.9. The predicted molar refractivity (Wildman–Crippen MR) is 111 cm³/mol. The number of carboxylic acid groups (broad SMARTS) is 1. The molecule has 0 aromatic heterocycles. The molecule has 0 aromatic rings. The summed E-state index contributed by atoms with van der Waals surface area (Å²) in [6.45, 7) is 4.24. The van der Waals surface area contributed by atoms with E-state index in [4.69, 9.17) is 11.5 Å². The third-order valence-electron chi connectivity index (χ3n) is 4.28. The summed E-state index contributed by atoms with van der Waals surface area (Å²) in [5, 5.41) is 12.0. The van der Waals surface area contributed by atoms with Crippen molar-refractivity contribution in [2.75, 3.05) is 18.6 Å². The van der Waals surface area contributed by atoms with Gasteiger partial charge in [-0.3, -0.25) is 0 Å². The van der Waals surface area contributed by atoms with E-state index in [9.17, 15) is 19.5 Å². The van der Waals surface area contributed by atoms with E-state index in [1.54, 1.807) is 18.7 Å². The van der Waals surface area contributed by atoms with Crippen molar-refractivity contribution in [2.45, 2.75) is 64.1 Å². The number of aliphatic carboxylic acids is 1. The van der Waals surface area contributed by atoms with E-state index in [-0.39, 0.29) is 16.5 Å². The first kappa shape index (κ1) is 26.4. The molecule has 0 aliphatic carbocycles. The van der Waals surface area contributed by atoms with Gasteiger partial charge in [0.15, 0.2) is 0 Å². The zero-order chi connectivity index (χ0) is 20.8. The Bertz CT molecular complexity index is 470. The van der Waals surface area contributed by atoms with E-state index < -0.39 is 39.3 Å². The quantitative estimate of drug-likeness (QED) is 0.156. The van der Waals surface area contributed by atoms with Gasteiger partial charge in [-0.25, -0.2) is 0 Å². The second-order valence-corrected chi connectivity index (χ2v) is 9.23. The van der Waals surface area contributed by atoms with Gasteiger partial charge in [-0.15, -0.1) is 0 Å². The topological polar surface area (TPSA) is 148 Å². The van der Waals surface area contributed by atoms with Crippen LogP contribution in [0.5, 0.6) is 0 Å². The standard InChI is InChI=1S/C17H34N4O4SSe/c1-4-11(2)14(16(23)24)20-15(22)13(8-10-26-3)21-27-17(25)12(19)7-5-6-9-18/h11-14,21H,4-10,18-19H2,1-3H3,(H,20,22)(H,23,24). The van der Waals surface area contributed by atoms with Crippen molar-refractivity contribution in [1.82, 2.24) is 9.65 Å². The summed E-state index contributed by atoms with van der Waals surface area (Å²) >= 11 is 0.945. The monoisotopic (exact) mass is 470 g/mol. The molecule has 1 amide bonds. The molecule has 0 aromatic carbocycles. The SMILES string of the molecule is CCC(C)C(NC(=O)C(CCSC)N[Se]C(=O)C(N)CCCCN)C(=O)O. The summed E-state index contributed by atoms with van der Waals surface area (Å²) in [4.78, 5) is 36.2. The van der Waals surface area contributed by atoms with Crippen LogP contribution in [0, 0.1) is 5.92 Å². The Hall–Kier alpha value is -0.641. The zero-order valence-electron chi connectivity index (χ0n) is 16.4. The number of carboxylic acids is 1. The number of carbonyl (C=O) groups excluding carboxylic acids is 2. The second kappa shape index (κ2) is 15.3. The molecule has 158 valence electrons. The molecule has 0 bridgehead atoms. The molecule has 8 nitrogen and oxygen atoms in total. The first-order valence-electron chi connectivity index (χ1n) is 9.22. The third-order valence-corrected chi connectivity index (χ3v) is 6.82. The molecule has 0 aliphatic heterocycles. The van der Waals surface area contributed by atoms with E-state index in [1.807, 2.05) is 13.2 Å². The molecule has 4 unspecified atom stereocenters. The van der Waals surface area contributed by atoms with Crippen LogP contribution >= 0.6 is 11.8 Å². The summed E-state index contributed by atoms with van der Waals surface area (Å²) in [5.74, 6) is -0.900. The molecular formula is C17H34N4O4SSe. The van der Waals surface area contributed by atoms with Crippen LogP contribution in [-0.4, -0.2) is 73.5 Å². The minimum atomic E-state index is -1.05. The van der Waals surface area contributed by atoms with Gasteiger partial charge in [0.05, 0.1) is 0 Å². The number of amides is 1. The molecule has 4 atom stereocenters. The molecule has 0 aliphatic rings. The summed E-state index contributed by atoms with van der Waals surface area (Å²) in [5.41, 5.74) is 11.3. The second-order valence-electron chi connectivity index (χ2n) is 6.47. The average Bonchev–Trinajstić information content (AvgIpc) is 2.64. The van der Waals surface area contributed by atoms with Gasteiger partial charge in [-0.2, -0.15) is 0 Å². The molecule has 27 heavy (non-hydrogen) atoms. The first-order chi connectivity index (χ1) is 12.8. The van der Waals surface area contributed by atoms with Crippen LogP contribution in [-0.2, 0) is 14.4 Å². The number of carbonyl (C=O) groups is 3. The number of unbranched alkanes of at least 4 members (excludes halogenated alkanes) is 1. The predicted octanol–water partition coefficient (Wildman–Crippen LogP) is -0.0847. The Morgan fingerprint density at radius 2 is 1.89 bits per heavy atom. The summed E-state index contributed by atoms with van der Waals surface area (Å²) in [7, 11) is 0. The van der Waals surface area contributed by atoms with Crippen LogP contribution in [0.2, 0.25) is 0 Å². The van der Waals surface area contributed by atoms with E-state index in [0.29, 0.717) is 25.8 Å². The van der Waals surface area contributed by atoms with Gasteiger partial charge in [0.2, 0.25) is 0 Å². The van der Waals surface area contributed by atoms with Crippen LogP contribution in [0.4, 0.5) is 0 Å². The fourth-order valence-electron chi connectivity index (χ4n) is 2.25. The molecule has 0 fully saturated rings. The van der Waals surface area contributed by atoms with Gasteiger partial charge in [0, 0.05) is 0 Å². The van der Waals surface area contributed by atoms with Gasteiger partial charge in [0.25, 0.3) is 0 Å². The summed E-state index contributed by atoms with van der Waals surface area (Å²) < 4.78 is 2.92. The van der Waals surface area contributed by atoms with Crippen LogP contribution in [0.25, 0.3) is 0 Å². The number of nitrogens with two attached hydrogens (primary N) is 2. The normalized spacial score (nSPS) is 15.6. The summed E-state index contributed by atoms with van der Waals surface area (Å²) in [6, 6.07) is -2.11. The summed E-state index contributed by atoms with van der Waals surface area (Å²) in [6.07, 6.45) is 5.28. The van der Waals surface area contributed by atoms with Crippen molar-refractivity contribution in [3.63, 3.8) is 0 Å². The fourth-order valence-corrected chi connectivity index (χ4v) is 4.30. The van der Waals surface area contributed by atoms with Gasteiger partial charge >= 0.3 is 173 Å². The number of rotatable bonds is 16. The fraction of sp³-hybridized carbons (Fsp3) is 0.824. The van der Waals surface area contributed by atoms with Gasteiger partial charge in [-0.1, -0.05) is 0 Å².